The van der Waals surface area contributed by atoms with Crippen molar-refractivity contribution in [1.29, 1.82) is 0 Å². The highest BCUT2D eigenvalue weighted by Gasteiger charge is 2.36. The summed E-state index contributed by atoms with van der Waals surface area (Å²) in [6.07, 6.45) is 3.95. The first-order chi connectivity index (χ1) is 13.8. The van der Waals surface area contributed by atoms with E-state index in [-0.39, 0.29) is 23.8 Å². The second-order valence-corrected chi connectivity index (χ2v) is 9.68. The van der Waals surface area contributed by atoms with Crippen molar-refractivity contribution in [3.05, 3.63) is 54.0 Å². The summed E-state index contributed by atoms with van der Waals surface area (Å²) >= 11 is 0. The quantitative estimate of drug-likeness (QED) is 0.655. The van der Waals surface area contributed by atoms with Crippen molar-refractivity contribution >= 4 is 15.7 Å². The predicted molar refractivity (Wildman–Crippen MR) is 105 cm³/mol. The maximum Gasteiger partial charge on any atom is 0.290 e. The van der Waals surface area contributed by atoms with Crippen molar-refractivity contribution < 1.29 is 17.7 Å². The Morgan fingerprint density at radius 2 is 2.00 bits per heavy atom. The summed E-state index contributed by atoms with van der Waals surface area (Å²) in [7, 11) is -3.25. The van der Waals surface area contributed by atoms with Gasteiger partial charge in [0.15, 0.2) is 9.84 Å². The molecular formula is C19H21N5O4S. The largest absolute Gasteiger partial charge is 0.350 e. The summed E-state index contributed by atoms with van der Waals surface area (Å²) in [4.78, 5) is 12.4. The lowest BCUT2D eigenvalue weighted by atomic mass is 9.86. The molecule has 0 radical (unpaired) electrons. The molecule has 1 amide bonds. The standard InChI is InChI=1S/C19H21N5O4S/c1-12(29(2,26)27)17-11-20-23-24(17)15-8-14(9-15)21-19(25)18-10-16(22-28-18)13-6-4-3-5-7-13/h3-7,10-12,14-15H,8-9H2,1-2H3,(H,21,25). The van der Waals surface area contributed by atoms with E-state index < -0.39 is 15.1 Å². The number of hydrogen-bond acceptors (Lipinski definition) is 7. The summed E-state index contributed by atoms with van der Waals surface area (Å²) in [5, 5.41) is 14.1. The van der Waals surface area contributed by atoms with Gasteiger partial charge in [0.2, 0.25) is 5.76 Å². The minimum Gasteiger partial charge on any atom is -0.350 e. The van der Waals surface area contributed by atoms with Gasteiger partial charge in [0.1, 0.15) is 10.9 Å². The van der Waals surface area contributed by atoms with Gasteiger partial charge in [0.05, 0.1) is 17.9 Å². The van der Waals surface area contributed by atoms with Crippen LogP contribution in [-0.2, 0) is 9.84 Å². The topological polar surface area (TPSA) is 120 Å². The lowest BCUT2D eigenvalue weighted by Gasteiger charge is -2.36. The predicted octanol–water partition coefficient (Wildman–Crippen LogP) is 2.17. The SMILES string of the molecule is CC(c1cnnn1C1CC(NC(=O)c2cc(-c3ccccc3)no2)C1)S(C)(=O)=O. The number of sulfone groups is 1. The van der Waals surface area contributed by atoms with Crippen molar-refractivity contribution in [3.8, 4) is 11.3 Å². The molecule has 1 aliphatic carbocycles. The van der Waals surface area contributed by atoms with Gasteiger partial charge in [-0.1, -0.05) is 40.7 Å². The normalized spacial score (nSPS) is 20.1. The Kier molecular flexibility index (Phi) is 4.95. The first kappa shape index (κ1) is 19.3. The number of nitrogens with one attached hydrogen (secondary N) is 1. The van der Waals surface area contributed by atoms with Crippen LogP contribution in [0.5, 0.6) is 0 Å². The van der Waals surface area contributed by atoms with Crippen LogP contribution < -0.4 is 5.32 Å². The summed E-state index contributed by atoms with van der Waals surface area (Å²) in [5.74, 6) is -0.175. The van der Waals surface area contributed by atoms with Gasteiger partial charge in [-0.05, 0) is 19.8 Å². The first-order valence-electron chi connectivity index (χ1n) is 9.25. The van der Waals surface area contributed by atoms with E-state index in [0.29, 0.717) is 24.2 Å². The second kappa shape index (κ2) is 7.43. The fourth-order valence-corrected chi connectivity index (χ4v) is 3.94. The Balaban J connectivity index is 1.37. The molecule has 1 N–H and O–H groups in total. The fourth-order valence-electron chi connectivity index (χ4n) is 3.33. The monoisotopic (exact) mass is 415 g/mol. The number of nitrogens with zero attached hydrogens (tertiary/aromatic N) is 4. The van der Waals surface area contributed by atoms with Crippen molar-refractivity contribution in [2.45, 2.75) is 37.1 Å². The highest BCUT2D eigenvalue weighted by Crippen LogP contribution is 2.35. The van der Waals surface area contributed by atoms with Crippen molar-refractivity contribution in [1.82, 2.24) is 25.5 Å². The molecule has 1 unspecified atom stereocenters. The number of hydrogen-bond donors (Lipinski definition) is 1. The maximum absolute atomic E-state index is 12.4. The van der Waals surface area contributed by atoms with Gasteiger partial charge >= 0.3 is 0 Å². The molecule has 3 aromatic rings. The third kappa shape index (κ3) is 3.93. The second-order valence-electron chi connectivity index (χ2n) is 7.31. The molecule has 0 aliphatic heterocycles. The zero-order valence-corrected chi connectivity index (χ0v) is 16.8. The van der Waals surface area contributed by atoms with E-state index in [1.54, 1.807) is 17.7 Å². The zero-order valence-electron chi connectivity index (χ0n) is 16.0. The van der Waals surface area contributed by atoms with Crippen LogP contribution in [0.4, 0.5) is 0 Å². The van der Waals surface area contributed by atoms with Gasteiger partial charge in [-0.3, -0.25) is 4.79 Å². The van der Waals surface area contributed by atoms with E-state index in [1.807, 2.05) is 30.3 Å². The molecule has 29 heavy (non-hydrogen) atoms. The van der Waals surface area contributed by atoms with Crippen LogP contribution in [-0.4, -0.2) is 46.8 Å². The molecule has 9 nitrogen and oxygen atoms in total. The first-order valence-corrected chi connectivity index (χ1v) is 11.2. The molecule has 10 heteroatoms. The molecule has 1 aromatic carbocycles. The van der Waals surface area contributed by atoms with Gasteiger partial charge in [0.25, 0.3) is 5.91 Å². The summed E-state index contributed by atoms with van der Waals surface area (Å²) < 4.78 is 30.5. The smallest absolute Gasteiger partial charge is 0.290 e. The molecule has 0 bridgehead atoms. The number of carbonyl (C=O) groups excluding carboxylic acids is 1. The number of benzene rings is 1. The number of aromatic nitrogens is 4. The molecule has 1 fully saturated rings. The van der Waals surface area contributed by atoms with Crippen LogP contribution in [0.15, 0.2) is 47.1 Å². The van der Waals surface area contributed by atoms with Crippen LogP contribution >= 0.6 is 0 Å². The third-order valence-corrected chi connectivity index (χ3v) is 6.79. The average molecular weight is 415 g/mol. The zero-order chi connectivity index (χ0) is 20.6. The van der Waals surface area contributed by atoms with E-state index in [2.05, 4.69) is 20.8 Å². The number of amides is 1. The molecule has 1 atom stereocenters. The molecule has 1 saturated carbocycles. The fraction of sp³-hybridized carbons (Fsp3) is 0.368. The van der Waals surface area contributed by atoms with Crippen LogP contribution in [0.3, 0.4) is 0 Å². The Bertz CT molecular complexity index is 1120. The van der Waals surface area contributed by atoms with E-state index in [4.69, 9.17) is 4.52 Å². The molecule has 1 aliphatic rings. The molecule has 2 aromatic heterocycles. The Hall–Kier alpha value is -3.01. The van der Waals surface area contributed by atoms with Gasteiger partial charge < -0.3 is 9.84 Å². The van der Waals surface area contributed by atoms with E-state index >= 15 is 0 Å². The summed E-state index contributed by atoms with van der Waals surface area (Å²) in [6.45, 7) is 1.62. The molecular weight excluding hydrogens is 394 g/mol. The minimum atomic E-state index is -3.25. The minimum absolute atomic E-state index is 0.00314. The average Bonchev–Trinajstić information content (AvgIpc) is 3.33. The highest BCUT2D eigenvalue weighted by atomic mass is 32.2. The summed E-state index contributed by atoms with van der Waals surface area (Å²) in [5.41, 5.74) is 2.03. The van der Waals surface area contributed by atoms with Gasteiger partial charge in [-0.2, -0.15) is 0 Å². The molecule has 2 heterocycles. The van der Waals surface area contributed by atoms with Crippen molar-refractivity contribution in [2.75, 3.05) is 6.26 Å². The van der Waals surface area contributed by atoms with Crippen LogP contribution in [0, 0.1) is 0 Å². The van der Waals surface area contributed by atoms with E-state index in [1.165, 1.54) is 12.5 Å². The highest BCUT2D eigenvalue weighted by molar-refractivity contribution is 7.90. The molecule has 4 rings (SSSR count). The van der Waals surface area contributed by atoms with E-state index in [9.17, 15) is 13.2 Å². The van der Waals surface area contributed by atoms with Gasteiger partial charge in [-0.25, -0.2) is 13.1 Å². The van der Waals surface area contributed by atoms with Crippen LogP contribution in [0.1, 0.15) is 47.3 Å². The molecule has 0 spiro atoms. The summed E-state index contributed by atoms with van der Waals surface area (Å²) in [6, 6.07) is 11.0. The van der Waals surface area contributed by atoms with Crippen LogP contribution in [0.2, 0.25) is 0 Å². The van der Waals surface area contributed by atoms with Gasteiger partial charge in [-0.15, -0.1) is 5.10 Å². The Morgan fingerprint density at radius 1 is 1.28 bits per heavy atom. The van der Waals surface area contributed by atoms with Crippen molar-refractivity contribution in [2.24, 2.45) is 0 Å². The van der Waals surface area contributed by atoms with Gasteiger partial charge in [0, 0.05) is 23.9 Å². The molecule has 152 valence electrons. The number of carbonyl (C=O) groups is 1. The maximum atomic E-state index is 12.4. The Morgan fingerprint density at radius 3 is 2.69 bits per heavy atom. The van der Waals surface area contributed by atoms with Crippen molar-refractivity contribution in [3.63, 3.8) is 0 Å². The number of rotatable bonds is 6. The third-order valence-electron chi connectivity index (χ3n) is 5.26. The Labute approximate surface area is 168 Å². The lowest BCUT2D eigenvalue weighted by molar-refractivity contribution is 0.0849. The molecule has 0 saturated heterocycles. The van der Waals surface area contributed by atoms with Crippen LogP contribution in [0.25, 0.3) is 11.3 Å². The lowest BCUT2D eigenvalue weighted by Crippen LogP contribution is -2.45. The van der Waals surface area contributed by atoms with E-state index in [0.717, 1.165) is 5.56 Å².